The molecule has 4 heteroatoms. The van der Waals surface area contributed by atoms with Crippen LogP contribution in [0.3, 0.4) is 0 Å². The van der Waals surface area contributed by atoms with Gasteiger partial charge in [0.15, 0.2) is 0 Å². The minimum absolute atomic E-state index is 0.196. The Labute approximate surface area is 119 Å². The minimum Gasteiger partial charge on any atom is -0.334 e. The lowest BCUT2D eigenvalue weighted by atomic mass is 9.81. The van der Waals surface area contributed by atoms with Crippen LogP contribution in [0.25, 0.3) is 0 Å². The zero-order valence-electron chi connectivity index (χ0n) is 11.5. The van der Waals surface area contributed by atoms with Crippen molar-refractivity contribution in [2.75, 3.05) is 13.1 Å². The molecule has 1 atom stereocenters. The number of thiophene rings is 1. The number of amides is 1. The summed E-state index contributed by atoms with van der Waals surface area (Å²) in [5.41, 5.74) is -0.196. The van der Waals surface area contributed by atoms with Crippen molar-refractivity contribution in [3.8, 4) is 0 Å². The van der Waals surface area contributed by atoms with E-state index in [1.54, 1.807) is 11.3 Å². The van der Waals surface area contributed by atoms with Crippen LogP contribution in [0.1, 0.15) is 37.5 Å². The molecule has 3 rings (SSSR count). The van der Waals surface area contributed by atoms with Gasteiger partial charge in [0, 0.05) is 17.5 Å². The Morgan fingerprint density at radius 1 is 1.58 bits per heavy atom. The lowest BCUT2D eigenvalue weighted by Gasteiger charge is -2.37. The second-order valence-corrected chi connectivity index (χ2v) is 7.12. The summed E-state index contributed by atoms with van der Waals surface area (Å²) in [6.07, 6.45) is 4.49. The van der Waals surface area contributed by atoms with E-state index in [4.69, 9.17) is 0 Å². The fourth-order valence-electron chi connectivity index (χ4n) is 2.91. The van der Waals surface area contributed by atoms with E-state index in [0.717, 1.165) is 32.5 Å². The highest BCUT2D eigenvalue weighted by Crippen LogP contribution is 2.35. The lowest BCUT2D eigenvalue weighted by Crippen LogP contribution is -2.50. The second kappa shape index (κ2) is 5.25. The van der Waals surface area contributed by atoms with E-state index in [2.05, 4.69) is 34.7 Å². The fourth-order valence-corrected chi connectivity index (χ4v) is 3.61. The number of nitrogens with one attached hydrogen (secondary N) is 1. The molecule has 1 saturated carbocycles. The maximum Gasteiger partial charge on any atom is 0.230 e. The van der Waals surface area contributed by atoms with Crippen molar-refractivity contribution in [1.29, 1.82) is 0 Å². The molecule has 1 aliphatic heterocycles. The van der Waals surface area contributed by atoms with Gasteiger partial charge in [-0.2, -0.15) is 0 Å². The maximum atomic E-state index is 12.9. The van der Waals surface area contributed by atoms with Crippen LogP contribution in [-0.2, 0) is 11.3 Å². The summed E-state index contributed by atoms with van der Waals surface area (Å²) in [7, 11) is 0. The van der Waals surface area contributed by atoms with Crippen LogP contribution < -0.4 is 5.32 Å². The number of hydrogen-bond donors (Lipinski definition) is 1. The molecule has 2 aliphatic rings. The zero-order valence-corrected chi connectivity index (χ0v) is 12.3. The smallest absolute Gasteiger partial charge is 0.230 e. The Morgan fingerprint density at radius 2 is 2.42 bits per heavy atom. The van der Waals surface area contributed by atoms with Crippen molar-refractivity contribution < 1.29 is 4.79 Å². The first-order valence-electron chi connectivity index (χ1n) is 7.23. The SMILES string of the molecule is CC1(C(=O)N(Cc2cccs2)C2CC2)CCCNC1. The summed E-state index contributed by atoms with van der Waals surface area (Å²) in [6.45, 7) is 4.82. The molecule has 0 bridgehead atoms. The quantitative estimate of drug-likeness (QED) is 0.918. The molecule has 104 valence electrons. The molecular weight excluding hydrogens is 256 g/mol. The van der Waals surface area contributed by atoms with Crippen LogP contribution in [0.5, 0.6) is 0 Å². The standard InChI is InChI=1S/C15H22N2OS/c1-15(7-3-8-16-11-15)14(18)17(12-5-6-12)10-13-4-2-9-19-13/h2,4,9,12,16H,3,5-8,10-11H2,1H3. The molecule has 1 saturated heterocycles. The van der Waals surface area contributed by atoms with Gasteiger partial charge in [0.1, 0.15) is 0 Å². The van der Waals surface area contributed by atoms with Crippen LogP contribution >= 0.6 is 11.3 Å². The molecule has 1 aromatic heterocycles. The summed E-state index contributed by atoms with van der Waals surface area (Å²) < 4.78 is 0. The third kappa shape index (κ3) is 2.84. The Morgan fingerprint density at radius 3 is 3.00 bits per heavy atom. The predicted octanol–water partition coefficient (Wildman–Crippen LogP) is 2.63. The van der Waals surface area contributed by atoms with Crippen LogP contribution in [-0.4, -0.2) is 29.9 Å². The molecule has 2 heterocycles. The molecule has 3 nitrogen and oxygen atoms in total. The van der Waals surface area contributed by atoms with Gasteiger partial charge in [-0.3, -0.25) is 4.79 Å². The molecule has 1 unspecified atom stereocenters. The van der Waals surface area contributed by atoms with E-state index in [1.807, 2.05) is 0 Å². The number of piperidine rings is 1. The molecule has 1 N–H and O–H groups in total. The van der Waals surface area contributed by atoms with E-state index in [-0.39, 0.29) is 5.41 Å². The van der Waals surface area contributed by atoms with Gasteiger partial charge >= 0.3 is 0 Å². The first-order chi connectivity index (χ1) is 9.19. The summed E-state index contributed by atoms with van der Waals surface area (Å²) in [4.78, 5) is 16.4. The van der Waals surface area contributed by atoms with Crippen molar-refractivity contribution in [2.45, 2.75) is 45.2 Å². The number of nitrogens with zero attached hydrogens (tertiary/aromatic N) is 1. The van der Waals surface area contributed by atoms with Crippen molar-refractivity contribution in [1.82, 2.24) is 10.2 Å². The Bertz CT molecular complexity index is 433. The average molecular weight is 278 g/mol. The van der Waals surface area contributed by atoms with Gasteiger partial charge in [-0.05, 0) is 50.6 Å². The van der Waals surface area contributed by atoms with Gasteiger partial charge in [0.25, 0.3) is 0 Å². The first kappa shape index (κ1) is 13.1. The second-order valence-electron chi connectivity index (χ2n) is 6.08. The third-order valence-corrected chi connectivity index (χ3v) is 5.13. The van der Waals surface area contributed by atoms with Crippen molar-refractivity contribution in [3.63, 3.8) is 0 Å². The molecule has 1 amide bonds. The first-order valence-corrected chi connectivity index (χ1v) is 8.11. The number of carbonyl (C=O) groups is 1. The maximum absolute atomic E-state index is 12.9. The van der Waals surface area contributed by atoms with Gasteiger partial charge in [-0.15, -0.1) is 11.3 Å². The Hall–Kier alpha value is -0.870. The normalized spacial score (nSPS) is 27.2. The predicted molar refractivity (Wildman–Crippen MR) is 78.1 cm³/mol. The van der Waals surface area contributed by atoms with Crippen molar-refractivity contribution >= 4 is 17.2 Å². The third-order valence-electron chi connectivity index (χ3n) is 4.27. The highest BCUT2D eigenvalue weighted by Gasteiger charge is 2.42. The van der Waals surface area contributed by atoms with Gasteiger partial charge in [-0.1, -0.05) is 6.07 Å². The van der Waals surface area contributed by atoms with E-state index < -0.39 is 0 Å². The average Bonchev–Trinajstić information content (AvgIpc) is 3.13. The van der Waals surface area contributed by atoms with E-state index >= 15 is 0 Å². The Kier molecular flexibility index (Phi) is 3.63. The van der Waals surface area contributed by atoms with Crippen LogP contribution in [0.2, 0.25) is 0 Å². The van der Waals surface area contributed by atoms with E-state index in [1.165, 1.54) is 17.7 Å². The molecule has 0 spiro atoms. The van der Waals surface area contributed by atoms with E-state index in [9.17, 15) is 4.79 Å². The largest absolute Gasteiger partial charge is 0.334 e. The Balaban J connectivity index is 1.74. The van der Waals surface area contributed by atoms with E-state index in [0.29, 0.717) is 11.9 Å². The summed E-state index contributed by atoms with van der Waals surface area (Å²) in [6, 6.07) is 4.70. The number of rotatable bonds is 4. The van der Waals surface area contributed by atoms with Crippen LogP contribution in [0.15, 0.2) is 17.5 Å². The number of hydrogen-bond acceptors (Lipinski definition) is 3. The molecule has 2 fully saturated rings. The fraction of sp³-hybridized carbons (Fsp3) is 0.667. The highest BCUT2D eigenvalue weighted by molar-refractivity contribution is 7.09. The van der Waals surface area contributed by atoms with Gasteiger partial charge in [0.2, 0.25) is 5.91 Å². The van der Waals surface area contributed by atoms with Gasteiger partial charge < -0.3 is 10.2 Å². The molecule has 0 aromatic carbocycles. The molecule has 0 radical (unpaired) electrons. The van der Waals surface area contributed by atoms with Crippen LogP contribution in [0, 0.1) is 5.41 Å². The molecular formula is C15H22N2OS. The minimum atomic E-state index is -0.196. The van der Waals surface area contributed by atoms with Gasteiger partial charge in [0.05, 0.1) is 12.0 Å². The van der Waals surface area contributed by atoms with Crippen molar-refractivity contribution in [2.24, 2.45) is 5.41 Å². The lowest BCUT2D eigenvalue weighted by molar-refractivity contribution is -0.143. The monoisotopic (exact) mass is 278 g/mol. The zero-order chi connectivity index (χ0) is 13.3. The highest BCUT2D eigenvalue weighted by atomic mass is 32.1. The van der Waals surface area contributed by atoms with Gasteiger partial charge in [-0.25, -0.2) is 0 Å². The van der Waals surface area contributed by atoms with Crippen LogP contribution in [0.4, 0.5) is 0 Å². The number of carbonyl (C=O) groups excluding carboxylic acids is 1. The molecule has 1 aliphatic carbocycles. The topological polar surface area (TPSA) is 32.3 Å². The summed E-state index contributed by atoms with van der Waals surface area (Å²) in [5, 5.41) is 5.48. The summed E-state index contributed by atoms with van der Waals surface area (Å²) in [5.74, 6) is 0.357. The molecule has 19 heavy (non-hydrogen) atoms. The van der Waals surface area contributed by atoms with Crippen molar-refractivity contribution in [3.05, 3.63) is 22.4 Å². The summed E-state index contributed by atoms with van der Waals surface area (Å²) >= 11 is 1.75. The molecule has 1 aromatic rings.